The predicted molar refractivity (Wildman–Crippen MR) is 126 cm³/mol. The Hall–Kier alpha value is -2.44. The topological polar surface area (TPSA) is 119 Å². The second-order valence-corrected chi connectivity index (χ2v) is 10.2. The summed E-state index contributed by atoms with van der Waals surface area (Å²) in [5.74, 6) is 2.99. The van der Waals surface area contributed by atoms with Crippen LogP contribution in [0.3, 0.4) is 0 Å². The highest BCUT2D eigenvalue weighted by atomic mass is 79.9. The first-order chi connectivity index (χ1) is 15.1. The molecular weight excluding hydrogens is 499 g/mol. The fourth-order valence-corrected chi connectivity index (χ4v) is 4.46. The lowest BCUT2D eigenvalue weighted by Gasteiger charge is -2.10. The maximum absolute atomic E-state index is 13.0. The van der Waals surface area contributed by atoms with Crippen LogP contribution in [-0.2, 0) is 37.5 Å². The van der Waals surface area contributed by atoms with Crippen molar-refractivity contribution in [2.24, 2.45) is 7.05 Å². The lowest BCUT2D eigenvalue weighted by atomic mass is 10.1. The van der Waals surface area contributed by atoms with Crippen LogP contribution in [0.5, 0.6) is 0 Å². The summed E-state index contributed by atoms with van der Waals surface area (Å²) in [7, 11) is -2.38. The van der Waals surface area contributed by atoms with Crippen molar-refractivity contribution in [1.29, 1.82) is 0 Å². The van der Waals surface area contributed by atoms with E-state index in [1.54, 1.807) is 11.6 Å². The van der Waals surface area contributed by atoms with E-state index in [0.717, 1.165) is 14.6 Å². The van der Waals surface area contributed by atoms with Crippen molar-refractivity contribution >= 4 is 34.7 Å². The summed E-state index contributed by atoms with van der Waals surface area (Å²) in [5.41, 5.74) is 0.576. The lowest BCUT2D eigenvalue weighted by Crippen LogP contribution is -2.40. The average Bonchev–Trinajstić information content (AvgIpc) is 3.05. The van der Waals surface area contributed by atoms with Crippen LogP contribution in [0.4, 0.5) is 0 Å². The molecule has 0 saturated carbocycles. The van der Waals surface area contributed by atoms with Gasteiger partial charge in [-0.15, -0.1) is 6.42 Å². The highest BCUT2D eigenvalue weighted by molar-refractivity contribution is 9.10. The molecule has 0 aliphatic heterocycles. The minimum Gasteiger partial charge on any atom is -0.325 e. The second kappa shape index (κ2) is 10.0. The zero-order valence-electron chi connectivity index (χ0n) is 17.6. The molecule has 9 nitrogen and oxygen atoms in total. The molecular formula is C21H24BrN4O5P. The van der Waals surface area contributed by atoms with Gasteiger partial charge in [0.15, 0.2) is 11.2 Å². The first-order valence-corrected chi connectivity index (χ1v) is 12.6. The molecule has 0 bridgehead atoms. The summed E-state index contributed by atoms with van der Waals surface area (Å²) < 4.78 is 16.1. The van der Waals surface area contributed by atoms with E-state index in [4.69, 9.17) is 16.2 Å². The highest BCUT2D eigenvalue weighted by Crippen LogP contribution is 2.35. The van der Waals surface area contributed by atoms with E-state index in [1.807, 2.05) is 24.3 Å². The number of terminal acetylenes is 1. The van der Waals surface area contributed by atoms with Gasteiger partial charge in [-0.3, -0.25) is 13.9 Å². The van der Waals surface area contributed by atoms with E-state index in [9.17, 15) is 14.2 Å². The molecule has 32 heavy (non-hydrogen) atoms. The van der Waals surface area contributed by atoms with Gasteiger partial charge in [0, 0.05) is 30.6 Å². The van der Waals surface area contributed by atoms with Gasteiger partial charge in [-0.25, -0.2) is 14.3 Å². The second-order valence-electron chi connectivity index (χ2n) is 7.51. The Labute approximate surface area is 193 Å². The van der Waals surface area contributed by atoms with E-state index in [2.05, 4.69) is 26.8 Å². The summed E-state index contributed by atoms with van der Waals surface area (Å²) in [6.07, 6.45) is 6.93. The SMILES string of the molecule is C#CCn1c(=O)c2c(nc(CCc3ccc(Br)cc3)n2C)n(CCCCP(=O)(O)O)c1=O. The third kappa shape index (κ3) is 5.48. The first-order valence-electron chi connectivity index (χ1n) is 10.0. The standard InChI is InChI=1S/C21H24BrN4O5P/c1-3-12-26-20(27)18-19(25(21(26)28)13-4-5-14-32(29,30)31)23-17(24(18)2)11-8-15-6-9-16(22)10-7-15/h1,6-7,9-10H,4-5,8,11-14H2,2H3,(H2,29,30,31). The molecule has 3 aromatic rings. The van der Waals surface area contributed by atoms with Crippen molar-refractivity contribution in [2.45, 2.75) is 38.8 Å². The van der Waals surface area contributed by atoms with Gasteiger partial charge in [-0.05, 0) is 37.0 Å². The molecule has 0 aliphatic carbocycles. The Morgan fingerprint density at radius 1 is 1.12 bits per heavy atom. The molecule has 0 saturated heterocycles. The summed E-state index contributed by atoms with van der Waals surface area (Å²) in [6, 6.07) is 7.92. The van der Waals surface area contributed by atoms with E-state index in [1.165, 1.54) is 4.57 Å². The Kier molecular flexibility index (Phi) is 7.57. The van der Waals surface area contributed by atoms with Crippen LogP contribution >= 0.6 is 23.5 Å². The van der Waals surface area contributed by atoms with Gasteiger partial charge in [0.1, 0.15) is 5.82 Å². The minimum atomic E-state index is -4.11. The number of hydrogen-bond donors (Lipinski definition) is 2. The number of rotatable bonds is 9. The molecule has 0 atom stereocenters. The van der Waals surface area contributed by atoms with E-state index >= 15 is 0 Å². The number of nitrogens with zero attached hydrogens (tertiary/aromatic N) is 4. The third-order valence-corrected chi connectivity index (χ3v) is 6.64. The summed E-state index contributed by atoms with van der Waals surface area (Å²) in [5, 5.41) is 0. The Morgan fingerprint density at radius 3 is 2.44 bits per heavy atom. The quantitative estimate of drug-likeness (QED) is 0.252. The van der Waals surface area contributed by atoms with Crippen LogP contribution in [0.1, 0.15) is 24.2 Å². The van der Waals surface area contributed by atoms with Gasteiger partial charge in [0.25, 0.3) is 5.56 Å². The van der Waals surface area contributed by atoms with Crippen LogP contribution in [-0.4, -0.2) is 34.6 Å². The molecule has 2 N–H and O–H groups in total. The molecule has 3 rings (SSSR count). The number of benzene rings is 1. The Morgan fingerprint density at radius 2 is 1.81 bits per heavy atom. The van der Waals surface area contributed by atoms with Gasteiger partial charge in [0.2, 0.25) is 0 Å². The number of halogens is 1. The van der Waals surface area contributed by atoms with Crippen molar-refractivity contribution < 1.29 is 14.4 Å². The summed E-state index contributed by atoms with van der Waals surface area (Å²) in [4.78, 5) is 48.6. The number of imidazole rings is 1. The van der Waals surface area contributed by atoms with Crippen LogP contribution < -0.4 is 11.2 Å². The molecule has 2 heterocycles. The van der Waals surface area contributed by atoms with Gasteiger partial charge in [-0.2, -0.15) is 0 Å². The number of hydrogen-bond acceptors (Lipinski definition) is 4. The van der Waals surface area contributed by atoms with Crippen LogP contribution in [0, 0.1) is 12.3 Å². The van der Waals surface area contributed by atoms with E-state index in [0.29, 0.717) is 25.1 Å². The number of aromatic nitrogens is 4. The molecule has 0 amide bonds. The van der Waals surface area contributed by atoms with Gasteiger partial charge < -0.3 is 14.4 Å². The molecule has 1 aromatic carbocycles. The zero-order chi connectivity index (χ0) is 23.5. The lowest BCUT2D eigenvalue weighted by molar-refractivity contribution is 0.370. The average molecular weight is 523 g/mol. The maximum Gasteiger partial charge on any atom is 0.333 e. The minimum absolute atomic E-state index is 0.170. The highest BCUT2D eigenvalue weighted by Gasteiger charge is 2.20. The normalized spacial score (nSPS) is 11.7. The molecule has 0 aliphatic rings. The van der Waals surface area contributed by atoms with Crippen molar-refractivity contribution in [3.63, 3.8) is 0 Å². The Bertz CT molecular complexity index is 1330. The monoisotopic (exact) mass is 522 g/mol. The fourth-order valence-electron chi connectivity index (χ4n) is 3.56. The van der Waals surface area contributed by atoms with Crippen molar-refractivity contribution in [2.75, 3.05) is 6.16 Å². The molecule has 0 radical (unpaired) electrons. The van der Waals surface area contributed by atoms with E-state index < -0.39 is 18.8 Å². The third-order valence-electron chi connectivity index (χ3n) is 5.22. The van der Waals surface area contributed by atoms with Gasteiger partial charge in [0.05, 0.1) is 6.54 Å². The smallest absolute Gasteiger partial charge is 0.325 e. The number of aryl methyl sites for hydroxylation is 4. The maximum atomic E-state index is 13.0. The molecule has 170 valence electrons. The molecule has 2 aromatic heterocycles. The van der Waals surface area contributed by atoms with Gasteiger partial charge >= 0.3 is 13.3 Å². The van der Waals surface area contributed by atoms with Crippen molar-refractivity contribution in [1.82, 2.24) is 18.7 Å². The predicted octanol–water partition coefficient (Wildman–Crippen LogP) is 2.04. The molecule has 0 fully saturated rings. The zero-order valence-corrected chi connectivity index (χ0v) is 20.1. The largest absolute Gasteiger partial charge is 0.333 e. The van der Waals surface area contributed by atoms with Crippen molar-refractivity contribution in [3.8, 4) is 12.3 Å². The van der Waals surface area contributed by atoms with Crippen LogP contribution in [0.25, 0.3) is 11.2 Å². The summed E-state index contributed by atoms with van der Waals surface area (Å²) >= 11 is 3.41. The van der Waals surface area contributed by atoms with Crippen LogP contribution in [0.2, 0.25) is 0 Å². The fraction of sp³-hybridized carbons (Fsp3) is 0.381. The van der Waals surface area contributed by atoms with Crippen molar-refractivity contribution in [3.05, 3.63) is 61.0 Å². The van der Waals surface area contributed by atoms with Gasteiger partial charge in [-0.1, -0.05) is 34.0 Å². The Balaban J connectivity index is 1.98. The number of fused-ring (bicyclic) bond motifs is 1. The molecule has 0 unspecified atom stereocenters. The molecule has 11 heteroatoms. The molecule has 0 spiro atoms. The van der Waals surface area contributed by atoms with Crippen LogP contribution in [0.15, 0.2) is 38.3 Å². The number of unbranched alkanes of at least 4 members (excludes halogenated alkanes) is 1. The first kappa shape index (κ1) is 24.2. The van der Waals surface area contributed by atoms with E-state index in [-0.39, 0.29) is 36.8 Å². The summed E-state index contributed by atoms with van der Waals surface area (Å²) in [6.45, 7) is -0.00115.